The van der Waals surface area contributed by atoms with Crippen LogP contribution in [0.3, 0.4) is 0 Å². The van der Waals surface area contributed by atoms with Crippen molar-refractivity contribution in [3.05, 3.63) is 17.5 Å². The van der Waals surface area contributed by atoms with E-state index in [2.05, 4.69) is 34.6 Å². The summed E-state index contributed by atoms with van der Waals surface area (Å²) in [6, 6.07) is 1.98. The number of halogens is 1. The van der Waals surface area contributed by atoms with Gasteiger partial charge in [0.1, 0.15) is 6.54 Å². The standard InChI is InChI=1S/C18H35N5O3S.HI/c1-6-15(7-2)17-13-16(26-22-17)14-21-18(19-8-3)20-11-10-12-23(5)27(24,25)9-4;/h13,15H,6-12,14H2,1-5H3,(H2,19,20,21);1H. The topological polar surface area (TPSA) is 99.8 Å². The third-order valence-corrected chi connectivity index (χ3v) is 6.36. The minimum atomic E-state index is -3.12. The Morgan fingerprint density at radius 1 is 1.25 bits per heavy atom. The Morgan fingerprint density at radius 3 is 2.50 bits per heavy atom. The molecule has 28 heavy (non-hydrogen) atoms. The summed E-state index contributed by atoms with van der Waals surface area (Å²) in [5.41, 5.74) is 0.989. The number of hydrogen-bond acceptors (Lipinski definition) is 5. The van der Waals surface area contributed by atoms with Crippen LogP contribution in [0.1, 0.15) is 64.3 Å². The number of rotatable bonds is 12. The van der Waals surface area contributed by atoms with Crippen molar-refractivity contribution >= 4 is 40.0 Å². The van der Waals surface area contributed by atoms with E-state index < -0.39 is 10.0 Å². The van der Waals surface area contributed by atoms with E-state index in [0.717, 1.165) is 30.8 Å². The van der Waals surface area contributed by atoms with Crippen molar-refractivity contribution in [2.24, 2.45) is 4.99 Å². The van der Waals surface area contributed by atoms with Crippen molar-refractivity contribution in [1.82, 2.24) is 20.1 Å². The van der Waals surface area contributed by atoms with E-state index >= 15 is 0 Å². The fourth-order valence-electron chi connectivity index (χ4n) is 2.67. The van der Waals surface area contributed by atoms with Crippen LogP contribution in [0.5, 0.6) is 0 Å². The van der Waals surface area contributed by atoms with Crippen LogP contribution < -0.4 is 10.6 Å². The second-order valence-electron chi connectivity index (χ2n) is 6.43. The Labute approximate surface area is 187 Å². The molecule has 1 rings (SSSR count). The van der Waals surface area contributed by atoms with Gasteiger partial charge in [0.2, 0.25) is 10.0 Å². The van der Waals surface area contributed by atoms with Crippen LogP contribution in [0.15, 0.2) is 15.6 Å². The summed E-state index contributed by atoms with van der Waals surface area (Å²) < 4.78 is 30.3. The average molecular weight is 529 g/mol. The van der Waals surface area contributed by atoms with E-state index in [0.29, 0.717) is 37.9 Å². The Balaban J connectivity index is 0.00000729. The van der Waals surface area contributed by atoms with Crippen LogP contribution in [-0.2, 0) is 16.6 Å². The first-order valence-corrected chi connectivity index (χ1v) is 11.4. The van der Waals surface area contributed by atoms with Gasteiger partial charge in [0, 0.05) is 38.7 Å². The summed E-state index contributed by atoms with van der Waals surface area (Å²) in [6.07, 6.45) is 2.78. The number of nitrogens with zero attached hydrogens (tertiary/aromatic N) is 3. The lowest BCUT2D eigenvalue weighted by Gasteiger charge is -2.16. The monoisotopic (exact) mass is 529 g/mol. The molecule has 0 saturated carbocycles. The Hall–Kier alpha value is -0.880. The first-order chi connectivity index (χ1) is 12.9. The number of guanidine groups is 1. The molecule has 0 atom stereocenters. The van der Waals surface area contributed by atoms with Gasteiger partial charge in [-0.05, 0) is 33.1 Å². The molecule has 2 N–H and O–H groups in total. The van der Waals surface area contributed by atoms with E-state index in [1.807, 2.05) is 13.0 Å². The van der Waals surface area contributed by atoms with Crippen molar-refractivity contribution in [3.63, 3.8) is 0 Å². The Morgan fingerprint density at radius 2 is 1.93 bits per heavy atom. The maximum absolute atomic E-state index is 11.7. The summed E-state index contributed by atoms with van der Waals surface area (Å²) in [5, 5.41) is 10.6. The molecule has 0 unspecified atom stereocenters. The van der Waals surface area contributed by atoms with E-state index in [1.54, 1.807) is 14.0 Å². The second-order valence-corrected chi connectivity index (χ2v) is 8.79. The highest BCUT2D eigenvalue weighted by Gasteiger charge is 2.14. The maximum atomic E-state index is 11.7. The van der Waals surface area contributed by atoms with Crippen LogP contribution in [0.2, 0.25) is 0 Å². The zero-order valence-electron chi connectivity index (χ0n) is 17.7. The molecular weight excluding hydrogens is 493 g/mol. The predicted octanol–water partition coefficient (Wildman–Crippen LogP) is 2.92. The fourth-order valence-corrected chi connectivity index (χ4v) is 3.52. The molecular formula is C18H36IN5O3S. The Bertz CT molecular complexity index is 675. The predicted molar refractivity (Wildman–Crippen MR) is 125 cm³/mol. The van der Waals surface area contributed by atoms with Crippen LogP contribution in [0.4, 0.5) is 0 Å². The number of aromatic nitrogens is 1. The van der Waals surface area contributed by atoms with Gasteiger partial charge in [-0.3, -0.25) is 0 Å². The zero-order chi connectivity index (χ0) is 20.3. The molecule has 0 aliphatic carbocycles. The van der Waals surface area contributed by atoms with Gasteiger partial charge in [-0.25, -0.2) is 17.7 Å². The van der Waals surface area contributed by atoms with Crippen molar-refractivity contribution in [2.75, 3.05) is 32.4 Å². The third-order valence-electron chi connectivity index (χ3n) is 4.50. The van der Waals surface area contributed by atoms with Gasteiger partial charge in [-0.1, -0.05) is 19.0 Å². The smallest absolute Gasteiger partial charge is 0.213 e. The molecule has 1 aromatic rings. The molecule has 0 bridgehead atoms. The maximum Gasteiger partial charge on any atom is 0.213 e. The molecule has 1 aromatic heterocycles. The number of aliphatic imine (C=N–C) groups is 1. The van der Waals surface area contributed by atoms with Gasteiger partial charge < -0.3 is 15.2 Å². The molecule has 0 aromatic carbocycles. The highest BCUT2D eigenvalue weighted by Crippen LogP contribution is 2.22. The molecule has 10 heteroatoms. The van der Waals surface area contributed by atoms with Crippen molar-refractivity contribution in [2.45, 2.75) is 59.4 Å². The van der Waals surface area contributed by atoms with Crippen LogP contribution >= 0.6 is 24.0 Å². The summed E-state index contributed by atoms with van der Waals surface area (Å²) in [6.45, 7) is 10.2. The van der Waals surface area contributed by atoms with Gasteiger partial charge in [0.05, 0.1) is 11.4 Å². The highest BCUT2D eigenvalue weighted by molar-refractivity contribution is 14.0. The van der Waals surface area contributed by atoms with Crippen LogP contribution in [-0.4, -0.2) is 56.3 Å². The lowest BCUT2D eigenvalue weighted by Crippen LogP contribution is -2.39. The van der Waals surface area contributed by atoms with E-state index in [-0.39, 0.29) is 29.7 Å². The van der Waals surface area contributed by atoms with Crippen LogP contribution in [0.25, 0.3) is 0 Å². The average Bonchev–Trinajstić information content (AvgIpc) is 3.12. The SMILES string of the molecule is CCNC(=NCc1cc(C(CC)CC)no1)NCCCN(C)S(=O)(=O)CC.I. The van der Waals surface area contributed by atoms with Crippen molar-refractivity contribution in [3.8, 4) is 0 Å². The number of sulfonamides is 1. The summed E-state index contributed by atoms with van der Waals surface area (Å²) in [5.74, 6) is 1.97. The van der Waals surface area contributed by atoms with Gasteiger partial charge in [0.25, 0.3) is 0 Å². The molecule has 1 heterocycles. The number of nitrogens with one attached hydrogen (secondary N) is 2. The molecule has 0 amide bonds. The Kier molecular flexibility index (Phi) is 13.7. The molecule has 0 spiro atoms. The van der Waals surface area contributed by atoms with Gasteiger partial charge in [0.15, 0.2) is 11.7 Å². The van der Waals surface area contributed by atoms with Gasteiger partial charge in [-0.2, -0.15) is 0 Å². The largest absolute Gasteiger partial charge is 0.359 e. The van der Waals surface area contributed by atoms with E-state index in [9.17, 15) is 8.42 Å². The second kappa shape index (κ2) is 14.2. The van der Waals surface area contributed by atoms with Crippen molar-refractivity contribution in [1.29, 1.82) is 0 Å². The molecule has 0 aliphatic rings. The third kappa shape index (κ3) is 9.08. The molecule has 0 aliphatic heterocycles. The molecule has 8 nitrogen and oxygen atoms in total. The highest BCUT2D eigenvalue weighted by atomic mass is 127. The minimum absolute atomic E-state index is 0. The lowest BCUT2D eigenvalue weighted by atomic mass is 9.99. The lowest BCUT2D eigenvalue weighted by molar-refractivity contribution is 0.372. The molecule has 0 fully saturated rings. The van der Waals surface area contributed by atoms with Crippen molar-refractivity contribution < 1.29 is 12.9 Å². The molecule has 0 saturated heterocycles. The van der Waals surface area contributed by atoms with E-state index in [4.69, 9.17) is 4.52 Å². The molecule has 0 radical (unpaired) electrons. The van der Waals surface area contributed by atoms with Crippen LogP contribution in [0, 0.1) is 0 Å². The van der Waals surface area contributed by atoms with E-state index in [1.165, 1.54) is 4.31 Å². The molecule has 164 valence electrons. The van der Waals surface area contributed by atoms with Gasteiger partial charge in [-0.15, -0.1) is 24.0 Å². The normalized spacial score (nSPS) is 12.3. The zero-order valence-corrected chi connectivity index (χ0v) is 20.8. The fraction of sp³-hybridized carbons (Fsp3) is 0.778. The summed E-state index contributed by atoms with van der Waals surface area (Å²) in [7, 11) is -1.51. The van der Waals surface area contributed by atoms with Gasteiger partial charge >= 0.3 is 0 Å². The first kappa shape index (κ1) is 27.1. The minimum Gasteiger partial charge on any atom is -0.359 e. The summed E-state index contributed by atoms with van der Waals surface area (Å²) in [4.78, 5) is 4.52. The number of hydrogen-bond donors (Lipinski definition) is 2. The first-order valence-electron chi connectivity index (χ1n) is 9.79. The summed E-state index contributed by atoms with van der Waals surface area (Å²) >= 11 is 0. The quantitative estimate of drug-likeness (QED) is 0.187.